The Morgan fingerprint density at radius 3 is 2.55 bits per heavy atom. The molecule has 0 aliphatic carbocycles. The second kappa shape index (κ2) is 12.4. The summed E-state index contributed by atoms with van der Waals surface area (Å²) in [6.45, 7) is 6.81. The van der Waals surface area contributed by atoms with E-state index >= 15 is 0 Å². The second-order valence-electron chi connectivity index (χ2n) is 7.14. The Morgan fingerprint density at radius 2 is 2.06 bits per heavy atom. The number of nitrogen functional groups attached to an aromatic ring is 1. The lowest BCUT2D eigenvalue weighted by molar-refractivity contribution is -0.419. The summed E-state index contributed by atoms with van der Waals surface area (Å²) in [6.07, 6.45) is 5.95. The van der Waals surface area contributed by atoms with Crippen molar-refractivity contribution >= 4 is 44.0 Å². The average molecular weight is 466 g/mol. The normalized spacial score (nSPS) is 13.1. The van der Waals surface area contributed by atoms with Gasteiger partial charge in [0.05, 0.1) is 9.97 Å². The molecule has 1 aromatic heterocycles. The van der Waals surface area contributed by atoms with Crippen molar-refractivity contribution in [3.05, 3.63) is 57.9 Å². The van der Waals surface area contributed by atoms with Gasteiger partial charge in [-0.15, -0.1) is 0 Å². The monoisotopic (exact) mass is 465 g/mol. The Kier molecular flexibility index (Phi) is 10.6. The number of hydrogen-bond donors (Lipinski definition) is 3. The molecule has 11 heteroatoms. The van der Waals surface area contributed by atoms with Gasteiger partial charge >= 0.3 is 0 Å². The summed E-state index contributed by atoms with van der Waals surface area (Å²) in [7, 11) is 2.45. The van der Waals surface area contributed by atoms with Gasteiger partial charge in [-0.3, -0.25) is 25.1 Å². The summed E-state index contributed by atoms with van der Waals surface area (Å²) in [4.78, 5) is 39.1. The smallest absolute Gasteiger partial charge is 0.265 e. The number of Topliss-reactive ketones (excluding diaryl/α,β-unsaturated/α-hetero) is 2. The van der Waals surface area contributed by atoms with Crippen LogP contribution < -0.4 is 11.3 Å². The Balaban J connectivity index is 2.73. The summed E-state index contributed by atoms with van der Waals surface area (Å²) in [5.74, 6) is 5.14. The summed E-state index contributed by atoms with van der Waals surface area (Å²) in [6, 6.07) is 3.23. The van der Waals surface area contributed by atoms with E-state index in [1.165, 1.54) is 42.1 Å². The van der Waals surface area contributed by atoms with Crippen LogP contribution in [0, 0.1) is 21.4 Å². The van der Waals surface area contributed by atoms with Crippen LogP contribution >= 0.6 is 21.6 Å². The predicted octanol–water partition coefficient (Wildman–Crippen LogP) is 4.41. The molecule has 31 heavy (non-hydrogen) atoms. The van der Waals surface area contributed by atoms with Crippen molar-refractivity contribution < 1.29 is 14.5 Å². The number of rotatable bonds is 12. The number of nitro groups is 1. The molecular weight excluding hydrogens is 438 g/mol. The molecule has 0 bridgehead atoms. The van der Waals surface area contributed by atoms with Crippen LogP contribution in [-0.4, -0.2) is 31.3 Å². The number of hydrazine groups is 1. The molecule has 1 rings (SSSR count). The summed E-state index contributed by atoms with van der Waals surface area (Å²) < 4.78 is -0.560. The van der Waals surface area contributed by atoms with Gasteiger partial charge in [0.25, 0.3) is 5.70 Å². The van der Waals surface area contributed by atoms with E-state index in [1.54, 1.807) is 19.1 Å². The fraction of sp³-hybridized carbons (Fsp3) is 0.400. The van der Waals surface area contributed by atoms with Crippen LogP contribution in [0.4, 0.5) is 5.82 Å². The quantitative estimate of drug-likeness (QED) is 0.0595. The van der Waals surface area contributed by atoms with Crippen molar-refractivity contribution in [1.29, 1.82) is 5.41 Å². The van der Waals surface area contributed by atoms with E-state index in [9.17, 15) is 19.7 Å². The molecule has 1 aromatic rings. The van der Waals surface area contributed by atoms with Gasteiger partial charge in [-0.2, -0.15) is 0 Å². The highest BCUT2D eigenvalue weighted by molar-refractivity contribution is 8.82. The molecule has 0 aromatic carbocycles. The Morgan fingerprint density at radius 1 is 1.39 bits per heavy atom. The maximum atomic E-state index is 12.5. The number of ketones is 2. The van der Waals surface area contributed by atoms with E-state index in [0.29, 0.717) is 17.8 Å². The summed E-state index contributed by atoms with van der Waals surface area (Å²) in [5.41, 5.74) is 2.74. The highest BCUT2D eigenvalue weighted by atomic mass is 33.1. The van der Waals surface area contributed by atoms with Gasteiger partial charge in [0.15, 0.2) is 5.78 Å². The topological polar surface area (TPSA) is 152 Å². The van der Waals surface area contributed by atoms with Crippen molar-refractivity contribution in [2.45, 2.75) is 45.3 Å². The molecular formula is C20H27N5O4S2. The third kappa shape index (κ3) is 8.64. The minimum atomic E-state index is -0.560. The van der Waals surface area contributed by atoms with Crippen molar-refractivity contribution in [2.75, 3.05) is 5.43 Å². The van der Waals surface area contributed by atoms with Crippen LogP contribution in [0.3, 0.4) is 0 Å². The molecule has 1 unspecified atom stereocenters. The maximum Gasteiger partial charge on any atom is 0.265 e. The summed E-state index contributed by atoms with van der Waals surface area (Å²) in [5, 5.41) is 18.9. The fourth-order valence-electron chi connectivity index (χ4n) is 2.77. The second-order valence-corrected chi connectivity index (χ2v) is 9.97. The van der Waals surface area contributed by atoms with Gasteiger partial charge in [0.1, 0.15) is 11.6 Å². The molecule has 0 spiro atoms. The minimum Gasteiger partial charge on any atom is -0.308 e. The number of nitrogens with two attached hydrogens (primary N) is 1. The number of carbonyl (C=O) groups excluding carboxylic acids is 2. The van der Waals surface area contributed by atoms with Crippen LogP contribution in [0.15, 0.2) is 42.3 Å². The zero-order valence-electron chi connectivity index (χ0n) is 17.9. The lowest BCUT2D eigenvalue weighted by Crippen LogP contribution is -2.33. The van der Waals surface area contributed by atoms with Crippen molar-refractivity contribution in [3.63, 3.8) is 0 Å². The van der Waals surface area contributed by atoms with Crippen LogP contribution in [-0.2, 0) is 4.79 Å². The van der Waals surface area contributed by atoms with E-state index in [-0.39, 0.29) is 28.7 Å². The maximum absolute atomic E-state index is 12.5. The van der Waals surface area contributed by atoms with Crippen molar-refractivity contribution in [1.82, 2.24) is 4.98 Å². The zero-order valence-corrected chi connectivity index (χ0v) is 19.5. The third-order valence-electron chi connectivity index (χ3n) is 4.48. The molecule has 0 saturated heterocycles. The zero-order chi connectivity index (χ0) is 23.6. The SMILES string of the molecule is C/C=C(\C=C/C(=N)SSC(C)(C)C(CCC(=O)c1ccc(NN)nc1)C(C)=O)[N+](=O)[O-]. The van der Waals surface area contributed by atoms with Crippen LogP contribution in [0.25, 0.3) is 0 Å². The van der Waals surface area contributed by atoms with E-state index in [0.717, 1.165) is 10.8 Å². The van der Waals surface area contributed by atoms with Gasteiger partial charge in [-0.05, 0) is 69.2 Å². The Bertz CT molecular complexity index is 882. The number of hydrogen-bond acceptors (Lipinski definition) is 10. The molecule has 0 saturated carbocycles. The summed E-state index contributed by atoms with van der Waals surface area (Å²) >= 11 is 0. The number of aromatic nitrogens is 1. The molecule has 168 valence electrons. The molecule has 1 atom stereocenters. The number of pyridine rings is 1. The first-order chi connectivity index (χ1) is 14.5. The first-order valence-electron chi connectivity index (χ1n) is 9.41. The molecule has 4 N–H and O–H groups in total. The van der Waals surface area contributed by atoms with Gasteiger partial charge in [-0.25, -0.2) is 10.8 Å². The van der Waals surface area contributed by atoms with Gasteiger partial charge in [-0.1, -0.05) is 10.8 Å². The van der Waals surface area contributed by atoms with Crippen molar-refractivity contribution in [3.8, 4) is 0 Å². The van der Waals surface area contributed by atoms with Gasteiger partial charge in [0.2, 0.25) is 0 Å². The predicted molar refractivity (Wildman–Crippen MR) is 127 cm³/mol. The van der Waals surface area contributed by atoms with E-state index in [1.807, 2.05) is 13.8 Å². The molecule has 1 heterocycles. The number of anilines is 1. The fourth-order valence-corrected chi connectivity index (χ4v) is 5.02. The number of allylic oxidation sites excluding steroid dienone is 2. The number of carbonyl (C=O) groups is 2. The number of nitrogens with one attached hydrogen (secondary N) is 2. The lowest BCUT2D eigenvalue weighted by atomic mass is 9.86. The first-order valence-corrected chi connectivity index (χ1v) is 11.6. The molecule has 0 radical (unpaired) electrons. The van der Waals surface area contributed by atoms with Crippen molar-refractivity contribution in [2.24, 2.45) is 11.8 Å². The highest BCUT2D eigenvalue weighted by Crippen LogP contribution is 2.43. The molecule has 9 nitrogen and oxygen atoms in total. The lowest BCUT2D eigenvalue weighted by Gasteiger charge is -2.31. The third-order valence-corrected chi connectivity index (χ3v) is 7.67. The Hall–Kier alpha value is -2.50. The van der Waals surface area contributed by atoms with Crippen LogP contribution in [0.2, 0.25) is 0 Å². The largest absolute Gasteiger partial charge is 0.308 e. The van der Waals surface area contributed by atoms with Crippen LogP contribution in [0.1, 0.15) is 50.9 Å². The highest BCUT2D eigenvalue weighted by Gasteiger charge is 2.34. The molecule has 0 fully saturated rings. The molecule has 0 amide bonds. The van der Waals surface area contributed by atoms with E-state index in [2.05, 4.69) is 10.4 Å². The molecule has 0 aliphatic heterocycles. The van der Waals surface area contributed by atoms with Gasteiger partial charge < -0.3 is 5.43 Å². The Labute approximate surface area is 189 Å². The molecule has 0 aliphatic rings. The average Bonchev–Trinajstić information content (AvgIpc) is 2.72. The van der Waals surface area contributed by atoms with Crippen LogP contribution in [0.5, 0.6) is 0 Å². The van der Waals surface area contributed by atoms with E-state index in [4.69, 9.17) is 11.3 Å². The standard InChI is InChI=1S/C20H27N5O4S2/c1-5-15(25(28)29)7-10-18(21)30-31-20(3,4)16(13(2)26)8-9-17(27)14-6-11-19(24-22)23-12-14/h5-7,10-12,16,21H,8-9,22H2,1-4H3,(H,23,24)/b10-7-,15-5+,21-18?. The minimum absolute atomic E-state index is 0.0432. The van der Waals surface area contributed by atoms with Gasteiger partial charge in [0, 0.05) is 34.9 Å². The number of nitrogens with zero attached hydrogens (tertiary/aromatic N) is 2. The van der Waals surface area contributed by atoms with E-state index < -0.39 is 15.6 Å². The first kappa shape index (κ1) is 26.5.